The number of halogens is 1. The topological polar surface area (TPSA) is 82.2 Å². The first-order valence-electron chi connectivity index (χ1n) is 5.30. The summed E-state index contributed by atoms with van der Waals surface area (Å²) in [4.78, 5) is 24.3. The van der Waals surface area contributed by atoms with E-state index in [-0.39, 0.29) is 6.42 Å². The highest BCUT2D eigenvalue weighted by atomic mass is 35.5. The van der Waals surface area contributed by atoms with Gasteiger partial charge in [0, 0.05) is 28.5 Å². The van der Waals surface area contributed by atoms with Crippen molar-refractivity contribution in [2.24, 2.45) is 0 Å². The number of carboxylic acids is 1. The van der Waals surface area contributed by atoms with Gasteiger partial charge in [-0.25, -0.2) is 4.79 Å². The van der Waals surface area contributed by atoms with Crippen LogP contribution in [0.3, 0.4) is 0 Å². The van der Waals surface area contributed by atoms with Crippen molar-refractivity contribution >= 4 is 34.9 Å². The third kappa shape index (κ3) is 2.46. The fourth-order valence-corrected chi connectivity index (χ4v) is 2.02. The van der Waals surface area contributed by atoms with Gasteiger partial charge in [0.2, 0.25) is 6.41 Å². The summed E-state index contributed by atoms with van der Waals surface area (Å²) in [6.45, 7) is 0. The number of nitrogens with one attached hydrogen (secondary N) is 2. The molecule has 0 bridgehead atoms. The molecule has 1 atom stereocenters. The first kappa shape index (κ1) is 12.4. The SMILES string of the molecule is O=CNC(Cc1c[nH]c2cc(Cl)ccc12)C(=O)O. The summed E-state index contributed by atoms with van der Waals surface area (Å²) < 4.78 is 0. The standard InChI is InChI=1S/C12H11ClN2O3/c13-8-1-2-9-7(5-14-10(9)4-8)3-11(12(17)18)15-6-16/h1-2,4-6,11,14H,3H2,(H,15,16)(H,17,18). The molecular weight excluding hydrogens is 256 g/mol. The average Bonchev–Trinajstić information content (AvgIpc) is 2.71. The predicted molar refractivity (Wildman–Crippen MR) is 67.6 cm³/mol. The van der Waals surface area contributed by atoms with E-state index in [1.165, 1.54) is 0 Å². The minimum Gasteiger partial charge on any atom is -0.480 e. The molecule has 1 aromatic carbocycles. The largest absolute Gasteiger partial charge is 0.480 e. The minimum absolute atomic E-state index is 0.218. The highest BCUT2D eigenvalue weighted by molar-refractivity contribution is 6.31. The molecule has 18 heavy (non-hydrogen) atoms. The van der Waals surface area contributed by atoms with Crippen LogP contribution >= 0.6 is 11.6 Å². The Labute approximate surface area is 108 Å². The van der Waals surface area contributed by atoms with Crippen molar-refractivity contribution in [2.75, 3.05) is 0 Å². The second kappa shape index (κ2) is 5.10. The molecule has 3 N–H and O–H groups in total. The van der Waals surface area contributed by atoms with E-state index in [0.29, 0.717) is 11.4 Å². The normalized spacial score (nSPS) is 12.3. The zero-order chi connectivity index (χ0) is 13.1. The summed E-state index contributed by atoms with van der Waals surface area (Å²) >= 11 is 5.86. The zero-order valence-corrected chi connectivity index (χ0v) is 10.1. The Morgan fingerprint density at radius 2 is 2.33 bits per heavy atom. The monoisotopic (exact) mass is 266 g/mol. The molecule has 94 valence electrons. The van der Waals surface area contributed by atoms with Crippen LogP contribution in [0.25, 0.3) is 10.9 Å². The summed E-state index contributed by atoms with van der Waals surface area (Å²) in [6.07, 6.45) is 2.34. The molecule has 0 saturated heterocycles. The van der Waals surface area contributed by atoms with Crippen LogP contribution in [0.2, 0.25) is 5.02 Å². The zero-order valence-electron chi connectivity index (χ0n) is 9.31. The lowest BCUT2D eigenvalue weighted by Crippen LogP contribution is -2.37. The average molecular weight is 267 g/mol. The number of carboxylic acid groups (broad SMARTS) is 1. The van der Waals surface area contributed by atoms with Gasteiger partial charge in [-0.3, -0.25) is 4.79 Å². The van der Waals surface area contributed by atoms with Crippen molar-refractivity contribution < 1.29 is 14.7 Å². The molecular formula is C12H11ClN2O3. The fourth-order valence-electron chi connectivity index (χ4n) is 1.85. The Morgan fingerprint density at radius 3 is 3.00 bits per heavy atom. The maximum atomic E-state index is 11.0. The minimum atomic E-state index is -1.06. The Bertz CT molecular complexity index is 594. The van der Waals surface area contributed by atoms with Crippen LogP contribution < -0.4 is 5.32 Å². The van der Waals surface area contributed by atoms with E-state index in [1.807, 2.05) is 6.07 Å². The number of hydrogen-bond donors (Lipinski definition) is 3. The van der Waals surface area contributed by atoms with E-state index in [2.05, 4.69) is 10.3 Å². The molecule has 0 spiro atoms. The van der Waals surface area contributed by atoms with Crippen LogP contribution in [0, 0.1) is 0 Å². The molecule has 0 aliphatic rings. The number of H-pyrrole nitrogens is 1. The predicted octanol–water partition coefficient (Wildman–Crippen LogP) is 1.56. The van der Waals surface area contributed by atoms with Gasteiger partial charge in [0.25, 0.3) is 0 Å². The van der Waals surface area contributed by atoms with Gasteiger partial charge in [-0.1, -0.05) is 17.7 Å². The molecule has 0 radical (unpaired) electrons. The van der Waals surface area contributed by atoms with Crippen molar-refractivity contribution in [3.05, 3.63) is 35.0 Å². The van der Waals surface area contributed by atoms with E-state index in [4.69, 9.17) is 16.7 Å². The van der Waals surface area contributed by atoms with Gasteiger partial charge in [-0.2, -0.15) is 0 Å². The van der Waals surface area contributed by atoms with Crippen molar-refractivity contribution in [3.63, 3.8) is 0 Å². The maximum Gasteiger partial charge on any atom is 0.326 e. The lowest BCUT2D eigenvalue weighted by Gasteiger charge is -2.10. The summed E-state index contributed by atoms with van der Waals surface area (Å²) in [5, 5.41) is 12.8. The number of carbonyl (C=O) groups is 2. The molecule has 1 unspecified atom stereocenters. The molecule has 0 aliphatic carbocycles. The third-order valence-corrected chi connectivity index (χ3v) is 2.96. The highest BCUT2D eigenvalue weighted by Crippen LogP contribution is 2.22. The number of amides is 1. The maximum absolute atomic E-state index is 11.0. The number of benzene rings is 1. The van der Waals surface area contributed by atoms with Crippen LogP contribution in [0.1, 0.15) is 5.56 Å². The molecule has 2 rings (SSSR count). The van der Waals surface area contributed by atoms with Gasteiger partial charge in [0.15, 0.2) is 0 Å². The van der Waals surface area contributed by atoms with Crippen LogP contribution in [-0.2, 0) is 16.0 Å². The van der Waals surface area contributed by atoms with E-state index in [9.17, 15) is 9.59 Å². The summed E-state index contributed by atoms with van der Waals surface area (Å²) in [6, 6.07) is 4.40. The van der Waals surface area contributed by atoms with E-state index in [1.54, 1.807) is 18.3 Å². The van der Waals surface area contributed by atoms with Gasteiger partial charge in [-0.05, 0) is 17.7 Å². The highest BCUT2D eigenvalue weighted by Gasteiger charge is 2.18. The van der Waals surface area contributed by atoms with Crippen molar-refractivity contribution in [1.82, 2.24) is 10.3 Å². The number of aliphatic carboxylic acids is 1. The van der Waals surface area contributed by atoms with E-state index in [0.717, 1.165) is 16.5 Å². The number of aromatic amines is 1. The molecule has 6 heteroatoms. The van der Waals surface area contributed by atoms with Crippen LogP contribution in [0.15, 0.2) is 24.4 Å². The molecule has 5 nitrogen and oxygen atoms in total. The van der Waals surface area contributed by atoms with Crippen molar-refractivity contribution in [1.29, 1.82) is 0 Å². The smallest absolute Gasteiger partial charge is 0.326 e. The summed E-state index contributed by atoms with van der Waals surface area (Å²) in [7, 11) is 0. The fraction of sp³-hybridized carbons (Fsp3) is 0.167. The van der Waals surface area contributed by atoms with E-state index >= 15 is 0 Å². The van der Waals surface area contributed by atoms with E-state index < -0.39 is 12.0 Å². The lowest BCUT2D eigenvalue weighted by atomic mass is 10.1. The number of fused-ring (bicyclic) bond motifs is 1. The molecule has 1 heterocycles. The van der Waals surface area contributed by atoms with Crippen molar-refractivity contribution in [3.8, 4) is 0 Å². The Morgan fingerprint density at radius 1 is 1.56 bits per heavy atom. The Hall–Kier alpha value is -2.01. The first-order chi connectivity index (χ1) is 8.61. The summed E-state index contributed by atoms with van der Waals surface area (Å²) in [5.74, 6) is -1.06. The second-order valence-corrected chi connectivity index (χ2v) is 4.32. The van der Waals surface area contributed by atoms with Gasteiger partial charge in [0.1, 0.15) is 6.04 Å². The summed E-state index contributed by atoms with van der Waals surface area (Å²) in [5.41, 5.74) is 1.66. The number of aromatic nitrogens is 1. The van der Waals surface area contributed by atoms with Gasteiger partial charge < -0.3 is 15.4 Å². The third-order valence-electron chi connectivity index (χ3n) is 2.72. The molecule has 1 amide bonds. The van der Waals surface area contributed by atoms with Gasteiger partial charge in [0.05, 0.1) is 0 Å². The Kier molecular flexibility index (Phi) is 3.53. The van der Waals surface area contributed by atoms with Crippen LogP contribution in [0.5, 0.6) is 0 Å². The van der Waals surface area contributed by atoms with Crippen LogP contribution in [-0.4, -0.2) is 28.5 Å². The molecule has 0 aliphatic heterocycles. The molecule has 2 aromatic rings. The number of rotatable bonds is 5. The quantitative estimate of drug-likeness (QED) is 0.719. The lowest BCUT2D eigenvalue weighted by molar-refractivity contribution is -0.140. The van der Waals surface area contributed by atoms with Crippen LogP contribution in [0.4, 0.5) is 0 Å². The molecule has 0 fully saturated rings. The first-order valence-corrected chi connectivity index (χ1v) is 5.67. The van der Waals surface area contributed by atoms with Crippen molar-refractivity contribution in [2.45, 2.75) is 12.5 Å². The molecule has 0 saturated carbocycles. The number of hydrogen-bond acceptors (Lipinski definition) is 2. The second-order valence-electron chi connectivity index (χ2n) is 3.88. The van der Waals surface area contributed by atoms with Gasteiger partial charge in [-0.15, -0.1) is 0 Å². The Balaban J connectivity index is 2.30. The molecule has 1 aromatic heterocycles. The van der Waals surface area contributed by atoms with Gasteiger partial charge >= 0.3 is 5.97 Å². The number of carbonyl (C=O) groups excluding carboxylic acids is 1.